The van der Waals surface area contributed by atoms with Crippen molar-refractivity contribution in [1.82, 2.24) is 9.97 Å². The monoisotopic (exact) mass is 344 g/mol. The van der Waals surface area contributed by atoms with Crippen molar-refractivity contribution in [3.63, 3.8) is 0 Å². The van der Waals surface area contributed by atoms with Gasteiger partial charge in [-0.15, -0.1) is 0 Å². The van der Waals surface area contributed by atoms with Crippen LogP contribution in [0.15, 0.2) is 30.3 Å². The van der Waals surface area contributed by atoms with Crippen molar-refractivity contribution in [3.8, 4) is 23.0 Å². The van der Waals surface area contributed by atoms with Crippen molar-refractivity contribution in [2.45, 2.75) is 18.8 Å². The lowest BCUT2D eigenvalue weighted by Gasteiger charge is -2.11. The standard InChI is InChI=1S/C18H14ClFN2O2/c1-24-18-21-15-7-11(9-2-3-9)16(23)8-12(15)17(22-18)10-4-5-14(20)13(19)6-10/h4-9,23H,2-3H2,1H3. The first kappa shape index (κ1) is 15.1. The van der Waals surface area contributed by atoms with E-state index in [0.29, 0.717) is 28.1 Å². The summed E-state index contributed by atoms with van der Waals surface area (Å²) in [4.78, 5) is 8.75. The fourth-order valence-electron chi connectivity index (χ4n) is 2.84. The third-order valence-corrected chi connectivity index (χ3v) is 4.51. The molecule has 3 aromatic rings. The van der Waals surface area contributed by atoms with Crippen LogP contribution < -0.4 is 4.74 Å². The maximum absolute atomic E-state index is 13.5. The molecule has 122 valence electrons. The van der Waals surface area contributed by atoms with E-state index in [1.165, 1.54) is 19.2 Å². The summed E-state index contributed by atoms with van der Waals surface area (Å²) >= 11 is 5.90. The summed E-state index contributed by atoms with van der Waals surface area (Å²) in [6.45, 7) is 0. The molecule has 1 aliphatic carbocycles. The normalized spacial score (nSPS) is 14.1. The molecule has 4 nitrogen and oxygen atoms in total. The van der Waals surface area contributed by atoms with E-state index in [4.69, 9.17) is 16.3 Å². The molecule has 0 bridgehead atoms. The summed E-state index contributed by atoms with van der Waals surface area (Å²) < 4.78 is 18.7. The van der Waals surface area contributed by atoms with E-state index in [1.54, 1.807) is 12.1 Å². The minimum Gasteiger partial charge on any atom is -0.508 e. The Hall–Kier alpha value is -2.40. The summed E-state index contributed by atoms with van der Waals surface area (Å²) in [5, 5.41) is 11.0. The number of fused-ring (bicyclic) bond motifs is 1. The number of ether oxygens (including phenoxy) is 1. The molecule has 4 rings (SSSR count). The summed E-state index contributed by atoms with van der Waals surface area (Å²) in [6, 6.07) is 8.13. The number of aromatic hydroxyl groups is 1. The van der Waals surface area contributed by atoms with Crippen LogP contribution in [0.2, 0.25) is 5.02 Å². The van der Waals surface area contributed by atoms with Crippen LogP contribution in [0.25, 0.3) is 22.2 Å². The lowest BCUT2D eigenvalue weighted by Crippen LogP contribution is -1.97. The number of hydrogen-bond acceptors (Lipinski definition) is 4. The molecular formula is C18H14ClFN2O2. The van der Waals surface area contributed by atoms with E-state index in [1.807, 2.05) is 6.07 Å². The molecule has 0 spiro atoms. The number of aromatic nitrogens is 2. The minimum absolute atomic E-state index is 0.0112. The van der Waals surface area contributed by atoms with E-state index < -0.39 is 5.82 Å². The fraction of sp³-hybridized carbons (Fsp3) is 0.222. The van der Waals surface area contributed by atoms with Crippen LogP contribution >= 0.6 is 11.6 Å². The van der Waals surface area contributed by atoms with E-state index in [9.17, 15) is 9.50 Å². The smallest absolute Gasteiger partial charge is 0.317 e. The summed E-state index contributed by atoms with van der Waals surface area (Å²) in [5.41, 5.74) is 2.74. The van der Waals surface area contributed by atoms with Crippen LogP contribution in [0.5, 0.6) is 11.8 Å². The maximum atomic E-state index is 13.5. The van der Waals surface area contributed by atoms with E-state index in [2.05, 4.69) is 9.97 Å². The first-order valence-electron chi connectivity index (χ1n) is 7.61. The van der Waals surface area contributed by atoms with E-state index in [0.717, 1.165) is 18.4 Å². The molecule has 0 amide bonds. The van der Waals surface area contributed by atoms with Crippen LogP contribution in [0.3, 0.4) is 0 Å². The van der Waals surface area contributed by atoms with Gasteiger partial charge in [-0.25, -0.2) is 4.39 Å². The highest BCUT2D eigenvalue weighted by Crippen LogP contribution is 2.46. The van der Waals surface area contributed by atoms with Gasteiger partial charge in [0.25, 0.3) is 0 Å². The SMILES string of the molecule is COc1nc(-c2ccc(F)c(Cl)c2)c2cc(O)c(C3CC3)cc2n1. The third kappa shape index (κ3) is 2.55. The predicted molar refractivity (Wildman–Crippen MR) is 90.1 cm³/mol. The first-order valence-corrected chi connectivity index (χ1v) is 7.98. The van der Waals surface area contributed by atoms with Crippen LogP contribution in [0.4, 0.5) is 4.39 Å². The average molecular weight is 345 g/mol. The highest BCUT2D eigenvalue weighted by molar-refractivity contribution is 6.31. The second-order valence-electron chi connectivity index (χ2n) is 5.89. The van der Waals surface area contributed by atoms with Crippen molar-refractivity contribution in [3.05, 3.63) is 46.7 Å². The van der Waals surface area contributed by atoms with Gasteiger partial charge < -0.3 is 9.84 Å². The zero-order valence-electron chi connectivity index (χ0n) is 12.9. The lowest BCUT2D eigenvalue weighted by molar-refractivity contribution is 0.382. The van der Waals surface area contributed by atoms with Crippen LogP contribution in [0, 0.1) is 5.82 Å². The van der Waals surface area contributed by atoms with Crippen molar-refractivity contribution in [2.24, 2.45) is 0 Å². The number of hydrogen-bond donors (Lipinski definition) is 1. The second kappa shape index (κ2) is 5.60. The zero-order chi connectivity index (χ0) is 16.8. The highest BCUT2D eigenvalue weighted by Gasteiger charge is 2.27. The average Bonchev–Trinajstić information content (AvgIpc) is 3.41. The third-order valence-electron chi connectivity index (χ3n) is 4.22. The van der Waals surface area contributed by atoms with Gasteiger partial charge in [-0.3, -0.25) is 0 Å². The Morgan fingerprint density at radius 1 is 1.21 bits per heavy atom. The summed E-state index contributed by atoms with van der Waals surface area (Å²) in [5.74, 6) is 0.122. The highest BCUT2D eigenvalue weighted by atomic mass is 35.5. The van der Waals surface area contributed by atoms with E-state index in [-0.39, 0.29) is 16.8 Å². The van der Waals surface area contributed by atoms with Gasteiger partial charge in [-0.05, 0) is 54.7 Å². The van der Waals surface area contributed by atoms with Gasteiger partial charge in [0.1, 0.15) is 11.6 Å². The number of phenolic OH excluding ortho intramolecular Hbond substituents is 1. The van der Waals surface area contributed by atoms with Crippen molar-refractivity contribution >= 4 is 22.5 Å². The van der Waals surface area contributed by atoms with Gasteiger partial charge in [0, 0.05) is 10.9 Å². The number of benzene rings is 2. The van der Waals surface area contributed by atoms with Gasteiger partial charge in [0.2, 0.25) is 0 Å². The Balaban J connectivity index is 1.98. The Kier molecular flexibility index (Phi) is 3.53. The first-order chi connectivity index (χ1) is 11.6. The molecule has 0 radical (unpaired) electrons. The molecular weight excluding hydrogens is 331 g/mol. The maximum Gasteiger partial charge on any atom is 0.317 e. The molecule has 1 aromatic heterocycles. The van der Waals surface area contributed by atoms with Gasteiger partial charge in [-0.2, -0.15) is 9.97 Å². The molecule has 0 aliphatic heterocycles. The number of halogens is 2. The van der Waals surface area contributed by atoms with Gasteiger partial charge in [0.05, 0.1) is 23.3 Å². The molecule has 1 aliphatic rings. The van der Waals surface area contributed by atoms with Crippen molar-refractivity contribution < 1.29 is 14.2 Å². The Bertz CT molecular complexity index is 957. The topological polar surface area (TPSA) is 55.2 Å². The molecule has 0 atom stereocenters. The molecule has 0 saturated heterocycles. The molecule has 6 heteroatoms. The Morgan fingerprint density at radius 2 is 2.00 bits per heavy atom. The fourth-order valence-corrected chi connectivity index (χ4v) is 3.02. The molecule has 1 N–H and O–H groups in total. The second-order valence-corrected chi connectivity index (χ2v) is 6.30. The van der Waals surface area contributed by atoms with Crippen LogP contribution in [-0.2, 0) is 0 Å². The number of rotatable bonds is 3. The number of nitrogens with zero attached hydrogens (tertiary/aromatic N) is 2. The van der Waals surface area contributed by atoms with Gasteiger partial charge in [0.15, 0.2) is 0 Å². The summed E-state index contributed by atoms with van der Waals surface area (Å²) in [6.07, 6.45) is 2.14. The summed E-state index contributed by atoms with van der Waals surface area (Å²) in [7, 11) is 1.49. The minimum atomic E-state index is -0.496. The molecule has 2 aromatic carbocycles. The molecule has 24 heavy (non-hydrogen) atoms. The quantitative estimate of drug-likeness (QED) is 0.749. The Labute approximate surface area is 142 Å². The molecule has 1 saturated carbocycles. The largest absolute Gasteiger partial charge is 0.508 e. The number of methoxy groups -OCH3 is 1. The van der Waals surface area contributed by atoms with Gasteiger partial charge >= 0.3 is 6.01 Å². The lowest BCUT2D eigenvalue weighted by atomic mass is 10.0. The molecule has 1 heterocycles. The van der Waals surface area contributed by atoms with E-state index >= 15 is 0 Å². The predicted octanol–water partition coefficient (Wildman–Crippen LogP) is 4.68. The van der Waals surface area contributed by atoms with Crippen molar-refractivity contribution in [1.29, 1.82) is 0 Å². The Morgan fingerprint density at radius 3 is 2.67 bits per heavy atom. The van der Waals surface area contributed by atoms with Gasteiger partial charge in [-0.1, -0.05) is 11.6 Å². The van der Waals surface area contributed by atoms with Crippen LogP contribution in [0.1, 0.15) is 24.3 Å². The van der Waals surface area contributed by atoms with Crippen molar-refractivity contribution in [2.75, 3.05) is 7.11 Å². The van der Waals surface area contributed by atoms with Crippen LogP contribution in [-0.4, -0.2) is 22.2 Å². The molecule has 1 fully saturated rings. The molecule has 0 unspecified atom stereocenters. The zero-order valence-corrected chi connectivity index (χ0v) is 13.6. The number of phenols is 1.